The molecule has 26 heavy (non-hydrogen) atoms. The molecular weight excluding hydrogens is 352 g/mol. The number of nitrogens with one attached hydrogen (secondary N) is 1. The number of aromatic nitrogens is 3. The first-order chi connectivity index (χ1) is 12.3. The molecule has 7 nitrogen and oxygen atoms in total. The number of carbonyl (C=O) groups is 1. The standard InChI is InChI=1S/C18H24N4O3S/c1-18(2,3)19-15(23)11-26-17-21-20-16(22(17)4)12-6-7-13-14(10-12)25-9-5-8-24-13/h6-7,10H,5,8-9,11H2,1-4H3,(H,19,23). The Kier molecular flexibility index (Phi) is 5.41. The van der Waals surface area contributed by atoms with Gasteiger partial charge in [0.25, 0.3) is 0 Å². The fourth-order valence-corrected chi connectivity index (χ4v) is 3.29. The largest absolute Gasteiger partial charge is 0.490 e. The molecule has 0 spiro atoms. The normalized spacial score (nSPS) is 14.0. The van der Waals surface area contributed by atoms with Gasteiger partial charge < -0.3 is 19.4 Å². The van der Waals surface area contributed by atoms with Crippen molar-refractivity contribution in [3.63, 3.8) is 0 Å². The van der Waals surface area contributed by atoms with E-state index >= 15 is 0 Å². The van der Waals surface area contributed by atoms with E-state index in [1.807, 2.05) is 50.6 Å². The minimum absolute atomic E-state index is 0.0253. The maximum atomic E-state index is 12.0. The Labute approximate surface area is 157 Å². The lowest BCUT2D eigenvalue weighted by molar-refractivity contribution is -0.119. The van der Waals surface area contributed by atoms with Gasteiger partial charge in [-0.25, -0.2) is 0 Å². The summed E-state index contributed by atoms with van der Waals surface area (Å²) in [6, 6.07) is 5.76. The smallest absolute Gasteiger partial charge is 0.230 e. The summed E-state index contributed by atoms with van der Waals surface area (Å²) in [6.07, 6.45) is 0.866. The van der Waals surface area contributed by atoms with E-state index in [4.69, 9.17) is 9.47 Å². The van der Waals surface area contributed by atoms with Crippen molar-refractivity contribution in [2.24, 2.45) is 7.05 Å². The van der Waals surface area contributed by atoms with Crippen molar-refractivity contribution in [1.82, 2.24) is 20.1 Å². The third kappa shape index (κ3) is 4.49. The van der Waals surface area contributed by atoms with Crippen LogP contribution in [0.15, 0.2) is 23.4 Å². The SMILES string of the molecule is Cn1c(SCC(=O)NC(C)(C)C)nnc1-c1ccc2c(c1)OCCCO2. The molecule has 3 rings (SSSR count). The van der Waals surface area contributed by atoms with Crippen LogP contribution in [0.25, 0.3) is 11.4 Å². The average molecular weight is 376 g/mol. The molecule has 0 aliphatic carbocycles. The molecule has 0 fully saturated rings. The van der Waals surface area contributed by atoms with Gasteiger partial charge in [-0.05, 0) is 39.0 Å². The summed E-state index contributed by atoms with van der Waals surface area (Å²) in [5, 5.41) is 12.1. The number of hydrogen-bond donors (Lipinski definition) is 1. The van der Waals surface area contributed by atoms with Crippen molar-refractivity contribution in [2.75, 3.05) is 19.0 Å². The molecular formula is C18H24N4O3S. The predicted molar refractivity (Wildman–Crippen MR) is 101 cm³/mol. The minimum atomic E-state index is -0.243. The van der Waals surface area contributed by atoms with Gasteiger partial charge >= 0.3 is 0 Å². The number of rotatable bonds is 4. The van der Waals surface area contributed by atoms with Crippen LogP contribution in [0, 0.1) is 0 Å². The molecule has 0 radical (unpaired) electrons. The number of carbonyl (C=O) groups excluding carboxylic acids is 1. The third-order valence-corrected chi connectivity index (χ3v) is 4.71. The van der Waals surface area contributed by atoms with Crippen molar-refractivity contribution < 1.29 is 14.3 Å². The van der Waals surface area contributed by atoms with E-state index in [0.29, 0.717) is 24.1 Å². The van der Waals surface area contributed by atoms with Gasteiger partial charge in [0.1, 0.15) is 0 Å². The van der Waals surface area contributed by atoms with E-state index in [1.165, 1.54) is 11.8 Å². The lowest BCUT2D eigenvalue weighted by atomic mass is 10.1. The second-order valence-electron chi connectivity index (χ2n) is 7.16. The molecule has 1 aromatic carbocycles. The molecule has 1 aliphatic rings. The third-order valence-electron chi connectivity index (χ3n) is 3.69. The maximum Gasteiger partial charge on any atom is 0.230 e. The zero-order valence-corrected chi connectivity index (χ0v) is 16.4. The maximum absolute atomic E-state index is 12.0. The molecule has 1 aliphatic heterocycles. The van der Waals surface area contributed by atoms with Gasteiger partial charge in [-0.3, -0.25) is 4.79 Å². The molecule has 0 bridgehead atoms. The van der Waals surface area contributed by atoms with Gasteiger partial charge in [-0.2, -0.15) is 0 Å². The monoisotopic (exact) mass is 376 g/mol. The van der Waals surface area contributed by atoms with Gasteiger partial charge in [0.15, 0.2) is 22.5 Å². The van der Waals surface area contributed by atoms with Gasteiger partial charge in [0.05, 0.1) is 19.0 Å². The Morgan fingerprint density at radius 1 is 1.23 bits per heavy atom. The van der Waals surface area contributed by atoms with E-state index in [1.54, 1.807) is 0 Å². The number of benzene rings is 1. The van der Waals surface area contributed by atoms with E-state index in [-0.39, 0.29) is 11.4 Å². The minimum Gasteiger partial charge on any atom is -0.490 e. The van der Waals surface area contributed by atoms with Gasteiger partial charge in [0.2, 0.25) is 5.91 Å². The Bertz CT molecular complexity index is 798. The zero-order valence-electron chi connectivity index (χ0n) is 15.5. The number of thioether (sulfide) groups is 1. The van der Waals surface area contributed by atoms with Crippen LogP contribution in [-0.4, -0.2) is 45.2 Å². The second-order valence-corrected chi connectivity index (χ2v) is 8.11. The molecule has 8 heteroatoms. The lowest BCUT2D eigenvalue weighted by Crippen LogP contribution is -2.41. The highest BCUT2D eigenvalue weighted by Gasteiger charge is 2.18. The highest BCUT2D eigenvalue weighted by molar-refractivity contribution is 7.99. The number of hydrogen-bond acceptors (Lipinski definition) is 6. The van der Waals surface area contributed by atoms with E-state index in [9.17, 15) is 4.79 Å². The fourth-order valence-electron chi connectivity index (χ4n) is 2.58. The first kappa shape index (κ1) is 18.6. The van der Waals surface area contributed by atoms with Gasteiger partial charge in [0, 0.05) is 24.6 Å². The van der Waals surface area contributed by atoms with Gasteiger partial charge in [-0.15, -0.1) is 10.2 Å². The molecule has 1 amide bonds. The number of fused-ring (bicyclic) bond motifs is 1. The van der Waals surface area contributed by atoms with E-state index in [2.05, 4.69) is 15.5 Å². The topological polar surface area (TPSA) is 78.3 Å². The molecule has 140 valence electrons. The first-order valence-corrected chi connectivity index (χ1v) is 9.55. The van der Waals surface area contributed by atoms with Crippen LogP contribution >= 0.6 is 11.8 Å². The highest BCUT2D eigenvalue weighted by atomic mass is 32.2. The molecule has 2 heterocycles. The molecule has 0 atom stereocenters. The summed E-state index contributed by atoms with van der Waals surface area (Å²) in [7, 11) is 1.89. The van der Waals surface area contributed by atoms with Crippen molar-refractivity contribution >= 4 is 17.7 Å². The first-order valence-electron chi connectivity index (χ1n) is 8.57. The molecule has 0 unspecified atom stereocenters. The summed E-state index contributed by atoms with van der Waals surface area (Å²) < 4.78 is 13.3. The Morgan fingerprint density at radius 2 is 1.96 bits per heavy atom. The Morgan fingerprint density at radius 3 is 2.69 bits per heavy atom. The molecule has 2 aromatic rings. The summed E-state index contributed by atoms with van der Waals surface area (Å²) in [6.45, 7) is 7.17. The van der Waals surface area contributed by atoms with Crippen LogP contribution < -0.4 is 14.8 Å². The van der Waals surface area contributed by atoms with Crippen molar-refractivity contribution in [3.05, 3.63) is 18.2 Å². The van der Waals surface area contributed by atoms with E-state index < -0.39 is 0 Å². The fraction of sp³-hybridized carbons (Fsp3) is 0.500. The van der Waals surface area contributed by atoms with Crippen LogP contribution in [0.4, 0.5) is 0 Å². The Hall–Kier alpha value is -2.22. The molecule has 0 saturated carbocycles. The van der Waals surface area contributed by atoms with Crippen LogP contribution in [0.1, 0.15) is 27.2 Å². The summed E-state index contributed by atoms with van der Waals surface area (Å²) >= 11 is 1.36. The summed E-state index contributed by atoms with van der Waals surface area (Å²) in [4.78, 5) is 12.0. The Balaban J connectivity index is 1.73. The molecule has 1 aromatic heterocycles. The number of ether oxygens (including phenoxy) is 2. The van der Waals surface area contributed by atoms with Crippen molar-refractivity contribution in [1.29, 1.82) is 0 Å². The quantitative estimate of drug-likeness (QED) is 0.827. The summed E-state index contributed by atoms with van der Waals surface area (Å²) in [5.41, 5.74) is 0.655. The number of nitrogens with zero attached hydrogens (tertiary/aromatic N) is 3. The molecule has 0 saturated heterocycles. The van der Waals surface area contributed by atoms with Crippen LogP contribution in [-0.2, 0) is 11.8 Å². The van der Waals surface area contributed by atoms with E-state index in [0.717, 1.165) is 29.3 Å². The van der Waals surface area contributed by atoms with Gasteiger partial charge in [-0.1, -0.05) is 11.8 Å². The predicted octanol–water partition coefficient (Wildman–Crippen LogP) is 2.65. The average Bonchev–Trinajstić information content (AvgIpc) is 2.78. The number of amides is 1. The summed E-state index contributed by atoms with van der Waals surface area (Å²) in [5.74, 6) is 2.47. The van der Waals surface area contributed by atoms with Crippen molar-refractivity contribution in [2.45, 2.75) is 37.9 Å². The highest BCUT2D eigenvalue weighted by Crippen LogP contribution is 2.34. The van der Waals surface area contributed by atoms with Crippen LogP contribution in [0.2, 0.25) is 0 Å². The van der Waals surface area contributed by atoms with Crippen LogP contribution in [0.3, 0.4) is 0 Å². The van der Waals surface area contributed by atoms with Crippen molar-refractivity contribution in [3.8, 4) is 22.9 Å². The lowest BCUT2D eigenvalue weighted by Gasteiger charge is -2.20. The zero-order chi connectivity index (χ0) is 18.7. The second kappa shape index (κ2) is 7.57. The molecule has 1 N–H and O–H groups in total. The van der Waals surface area contributed by atoms with Crippen LogP contribution in [0.5, 0.6) is 11.5 Å².